The Morgan fingerprint density at radius 3 is 2.47 bits per heavy atom. The molecule has 1 heterocycles. The molecular weight excluding hydrogens is 184 g/mol. The number of benzene rings is 1. The zero-order valence-corrected chi connectivity index (χ0v) is 10.2. The molecule has 0 atom stereocenters. The SMILES string of the molecule is CCCCC.Cc1cccc2c1OCC2. The van der Waals surface area contributed by atoms with Crippen molar-refractivity contribution in [3.8, 4) is 5.75 Å². The lowest BCUT2D eigenvalue weighted by atomic mass is 10.1. The number of hydrogen-bond acceptors (Lipinski definition) is 1. The van der Waals surface area contributed by atoms with Crippen molar-refractivity contribution in [3.63, 3.8) is 0 Å². The second-order valence-electron chi connectivity index (χ2n) is 4.02. The first-order valence-corrected chi connectivity index (χ1v) is 6.00. The first kappa shape index (κ1) is 12.1. The molecule has 0 spiro atoms. The van der Waals surface area contributed by atoms with Crippen LogP contribution in [0.1, 0.15) is 44.2 Å². The Bertz CT molecular complexity index is 289. The summed E-state index contributed by atoms with van der Waals surface area (Å²) in [6, 6.07) is 6.31. The minimum atomic E-state index is 0.861. The lowest BCUT2D eigenvalue weighted by Crippen LogP contribution is -1.87. The zero-order valence-electron chi connectivity index (χ0n) is 10.2. The number of aryl methyl sites for hydroxylation is 1. The zero-order chi connectivity index (χ0) is 11.1. The van der Waals surface area contributed by atoms with Crippen LogP contribution in [-0.4, -0.2) is 6.61 Å². The largest absolute Gasteiger partial charge is 0.493 e. The van der Waals surface area contributed by atoms with Gasteiger partial charge >= 0.3 is 0 Å². The molecule has 0 saturated heterocycles. The van der Waals surface area contributed by atoms with Crippen LogP contribution in [-0.2, 0) is 6.42 Å². The smallest absolute Gasteiger partial charge is 0.125 e. The summed E-state index contributed by atoms with van der Waals surface area (Å²) in [5, 5.41) is 0. The van der Waals surface area contributed by atoms with E-state index in [1.54, 1.807) is 0 Å². The number of para-hydroxylation sites is 1. The average molecular weight is 206 g/mol. The van der Waals surface area contributed by atoms with E-state index in [9.17, 15) is 0 Å². The molecule has 0 aromatic heterocycles. The van der Waals surface area contributed by atoms with Crippen LogP contribution in [0.2, 0.25) is 0 Å². The first-order valence-electron chi connectivity index (χ1n) is 6.00. The van der Waals surface area contributed by atoms with Crippen LogP contribution >= 0.6 is 0 Å². The van der Waals surface area contributed by atoms with Gasteiger partial charge in [-0.2, -0.15) is 0 Å². The van der Waals surface area contributed by atoms with Crippen LogP contribution in [0, 0.1) is 6.92 Å². The highest BCUT2D eigenvalue weighted by Crippen LogP contribution is 2.28. The summed E-state index contributed by atoms with van der Waals surface area (Å²) in [6.45, 7) is 7.37. The molecule has 1 aliphatic rings. The van der Waals surface area contributed by atoms with Gasteiger partial charge in [-0.25, -0.2) is 0 Å². The van der Waals surface area contributed by atoms with Crippen molar-refractivity contribution >= 4 is 0 Å². The molecule has 1 aliphatic heterocycles. The maximum Gasteiger partial charge on any atom is 0.125 e. The van der Waals surface area contributed by atoms with Gasteiger partial charge in [0.2, 0.25) is 0 Å². The molecule has 0 radical (unpaired) electrons. The summed E-state index contributed by atoms with van der Waals surface area (Å²) in [5.74, 6) is 1.11. The topological polar surface area (TPSA) is 9.23 Å². The molecular formula is C14H22O. The van der Waals surface area contributed by atoms with Gasteiger partial charge in [0.25, 0.3) is 0 Å². The molecule has 0 bridgehead atoms. The van der Waals surface area contributed by atoms with E-state index in [4.69, 9.17) is 4.74 Å². The summed E-state index contributed by atoms with van der Waals surface area (Å²) in [6.07, 6.45) is 5.16. The van der Waals surface area contributed by atoms with Crippen molar-refractivity contribution in [3.05, 3.63) is 29.3 Å². The molecule has 1 aromatic carbocycles. The molecule has 0 fully saturated rings. The van der Waals surface area contributed by atoms with Crippen LogP contribution in [0.15, 0.2) is 18.2 Å². The van der Waals surface area contributed by atoms with E-state index in [1.165, 1.54) is 30.4 Å². The number of hydrogen-bond donors (Lipinski definition) is 0. The second kappa shape index (κ2) is 6.49. The Kier molecular flexibility index (Phi) is 5.23. The normalized spacial score (nSPS) is 12.5. The molecule has 2 rings (SSSR count). The maximum atomic E-state index is 5.43. The van der Waals surface area contributed by atoms with Gasteiger partial charge in [0, 0.05) is 6.42 Å². The summed E-state index contributed by atoms with van der Waals surface area (Å²) in [7, 11) is 0. The van der Waals surface area contributed by atoms with E-state index in [-0.39, 0.29) is 0 Å². The molecule has 1 aromatic rings. The molecule has 0 amide bonds. The Hall–Kier alpha value is -0.980. The highest BCUT2D eigenvalue weighted by atomic mass is 16.5. The van der Waals surface area contributed by atoms with E-state index in [0.717, 1.165) is 18.8 Å². The third-order valence-electron chi connectivity index (χ3n) is 2.62. The van der Waals surface area contributed by atoms with Crippen LogP contribution in [0.5, 0.6) is 5.75 Å². The molecule has 0 unspecified atom stereocenters. The highest BCUT2D eigenvalue weighted by molar-refractivity contribution is 5.42. The van der Waals surface area contributed by atoms with Crippen molar-refractivity contribution in [2.75, 3.05) is 6.61 Å². The molecule has 1 nitrogen and oxygen atoms in total. The maximum absolute atomic E-state index is 5.43. The summed E-state index contributed by atoms with van der Waals surface area (Å²) in [5.41, 5.74) is 2.62. The predicted octanol–water partition coefficient (Wildman–Crippen LogP) is 4.13. The Morgan fingerprint density at radius 1 is 1.20 bits per heavy atom. The van der Waals surface area contributed by atoms with E-state index < -0.39 is 0 Å². The van der Waals surface area contributed by atoms with Gasteiger partial charge in [0.15, 0.2) is 0 Å². The van der Waals surface area contributed by atoms with Gasteiger partial charge in [-0.15, -0.1) is 0 Å². The van der Waals surface area contributed by atoms with Gasteiger partial charge in [-0.3, -0.25) is 0 Å². The highest BCUT2D eigenvalue weighted by Gasteiger charge is 2.12. The molecule has 1 heteroatoms. The molecule has 15 heavy (non-hydrogen) atoms. The minimum absolute atomic E-state index is 0.861. The quantitative estimate of drug-likeness (QED) is 0.707. The standard InChI is InChI=1S/C9H10O.C5H12/c1-7-3-2-4-8-5-6-10-9(7)8;1-3-5-4-2/h2-4H,5-6H2,1H3;3-5H2,1-2H3. The van der Waals surface area contributed by atoms with Crippen molar-refractivity contribution in [1.29, 1.82) is 0 Å². The van der Waals surface area contributed by atoms with Gasteiger partial charge in [-0.05, 0) is 18.1 Å². The Labute approximate surface area is 93.5 Å². The van der Waals surface area contributed by atoms with Gasteiger partial charge < -0.3 is 4.74 Å². The van der Waals surface area contributed by atoms with Crippen LogP contribution in [0.3, 0.4) is 0 Å². The molecule has 84 valence electrons. The fraction of sp³-hybridized carbons (Fsp3) is 0.571. The van der Waals surface area contributed by atoms with Crippen molar-refractivity contribution < 1.29 is 4.74 Å². The minimum Gasteiger partial charge on any atom is -0.493 e. The second-order valence-corrected chi connectivity index (χ2v) is 4.02. The average Bonchev–Trinajstić information content (AvgIpc) is 2.69. The van der Waals surface area contributed by atoms with Crippen LogP contribution in [0.4, 0.5) is 0 Å². The third-order valence-corrected chi connectivity index (χ3v) is 2.62. The predicted molar refractivity (Wildman–Crippen MR) is 65.6 cm³/mol. The van der Waals surface area contributed by atoms with Crippen molar-refractivity contribution in [1.82, 2.24) is 0 Å². The monoisotopic (exact) mass is 206 g/mol. The summed E-state index contributed by atoms with van der Waals surface area (Å²) >= 11 is 0. The van der Waals surface area contributed by atoms with Crippen molar-refractivity contribution in [2.24, 2.45) is 0 Å². The van der Waals surface area contributed by atoms with Crippen LogP contribution in [0.25, 0.3) is 0 Å². The van der Waals surface area contributed by atoms with E-state index in [1.807, 2.05) is 0 Å². The Morgan fingerprint density at radius 2 is 1.93 bits per heavy atom. The number of fused-ring (bicyclic) bond motifs is 1. The van der Waals surface area contributed by atoms with E-state index in [2.05, 4.69) is 39.0 Å². The summed E-state index contributed by atoms with van der Waals surface area (Å²) < 4.78 is 5.43. The van der Waals surface area contributed by atoms with Gasteiger partial charge in [-0.1, -0.05) is 51.3 Å². The fourth-order valence-electron chi connectivity index (χ4n) is 1.73. The lowest BCUT2D eigenvalue weighted by Gasteiger charge is -2.00. The number of rotatable bonds is 2. The number of unbranched alkanes of at least 4 members (excludes halogenated alkanes) is 2. The summed E-state index contributed by atoms with van der Waals surface area (Å²) in [4.78, 5) is 0. The van der Waals surface area contributed by atoms with Gasteiger partial charge in [0.05, 0.1) is 6.61 Å². The fourth-order valence-corrected chi connectivity index (χ4v) is 1.73. The van der Waals surface area contributed by atoms with Crippen LogP contribution < -0.4 is 4.74 Å². The van der Waals surface area contributed by atoms with E-state index in [0.29, 0.717) is 0 Å². The number of ether oxygens (including phenoxy) is 1. The third kappa shape index (κ3) is 3.58. The molecule has 0 N–H and O–H groups in total. The van der Waals surface area contributed by atoms with E-state index >= 15 is 0 Å². The molecule has 0 saturated carbocycles. The Balaban J connectivity index is 0.000000195. The van der Waals surface area contributed by atoms with Crippen molar-refractivity contribution in [2.45, 2.75) is 46.5 Å². The lowest BCUT2D eigenvalue weighted by molar-refractivity contribution is 0.354. The molecule has 0 aliphatic carbocycles. The van der Waals surface area contributed by atoms with Gasteiger partial charge in [0.1, 0.15) is 5.75 Å². The first-order chi connectivity index (χ1) is 7.29.